The predicted molar refractivity (Wildman–Crippen MR) is 60.0 cm³/mol. The van der Waals surface area contributed by atoms with Gasteiger partial charge in [-0.2, -0.15) is 0 Å². The second-order valence-electron chi connectivity index (χ2n) is 3.77. The standard InChI is InChI=1S/C6H4F.C5H7Cl.In/c7-6-4-2-1-3-5-6;1-2-3-4-5-6;/h2-5H;2-5H,1H3;. The summed E-state index contributed by atoms with van der Waals surface area (Å²) in [6, 6.07) is 6.91. The Labute approximate surface area is 96.3 Å². The Morgan fingerprint density at radius 3 is 2.36 bits per heavy atom. The molecule has 1 aromatic carbocycles. The summed E-state index contributed by atoms with van der Waals surface area (Å²) in [5.74, 6) is -0.162. The molecule has 1 aromatic rings. The van der Waals surface area contributed by atoms with Gasteiger partial charge in [0.15, 0.2) is 0 Å². The van der Waals surface area contributed by atoms with Crippen molar-refractivity contribution in [1.82, 2.24) is 0 Å². The van der Waals surface area contributed by atoms with Crippen LogP contribution in [0.3, 0.4) is 0 Å². The molecular formula is C11H11ClFIn. The molecule has 0 saturated heterocycles. The topological polar surface area (TPSA) is 0 Å². The Bertz CT molecular complexity index is 335. The molecule has 1 aliphatic rings. The van der Waals surface area contributed by atoms with Crippen LogP contribution in [-0.4, -0.2) is 24.6 Å². The van der Waals surface area contributed by atoms with Crippen LogP contribution in [0.15, 0.2) is 36.4 Å². The van der Waals surface area contributed by atoms with E-state index in [4.69, 9.17) is 11.6 Å². The van der Waals surface area contributed by atoms with E-state index in [0.29, 0.717) is 3.67 Å². The van der Waals surface area contributed by atoms with Crippen molar-refractivity contribution in [3.05, 3.63) is 42.2 Å². The van der Waals surface area contributed by atoms with Crippen molar-refractivity contribution in [2.45, 2.75) is 13.7 Å². The second kappa shape index (κ2) is 4.28. The molecule has 0 saturated carbocycles. The molecule has 0 aromatic heterocycles. The molecular weight excluding hydrogens is 301 g/mol. The van der Waals surface area contributed by atoms with Gasteiger partial charge in [0.2, 0.25) is 0 Å². The van der Waals surface area contributed by atoms with Gasteiger partial charge < -0.3 is 0 Å². The summed E-state index contributed by atoms with van der Waals surface area (Å²) in [6.07, 6.45) is 4.32. The molecule has 1 heterocycles. The number of rotatable bonds is 1. The summed E-state index contributed by atoms with van der Waals surface area (Å²) >= 11 is 4.36. The van der Waals surface area contributed by atoms with E-state index >= 15 is 0 Å². The third-order valence-corrected chi connectivity index (χ3v) is 14.5. The Morgan fingerprint density at radius 2 is 1.86 bits per heavy atom. The van der Waals surface area contributed by atoms with E-state index in [1.807, 2.05) is 12.1 Å². The van der Waals surface area contributed by atoms with E-state index < -0.39 is 21.4 Å². The minimum absolute atomic E-state index is 0.162. The van der Waals surface area contributed by atoms with E-state index in [0.717, 1.165) is 0 Å². The summed E-state index contributed by atoms with van der Waals surface area (Å²) < 4.78 is 15.0. The van der Waals surface area contributed by atoms with Crippen LogP contribution in [0.5, 0.6) is 0 Å². The zero-order valence-corrected chi connectivity index (χ0v) is 12.0. The third-order valence-electron chi connectivity index (χ3n) is 2.76. The molecule has 0 N–H and O–H groups in total. The summed E-state index contributed by atoms with van der Waals surface area (Å²) in [7, 11) is 0. The van der Waals surface area contributed by atoms with Gasteiger partial charge in [-0.05, 0) is 0 Å². The van der Waals surface area contributed by atoms with Gasteiger partial charge in [0.25, 0.3) is 0 Å². The molecule has 1 aliphatic heterocycles. The number of benzene rings is 1. The van der Waals surface area contributed by atoms with Crippen molar-refractivity contribution in [2.75, 3.05) is 0 Å². The fourth-order valence-corrected chi connectivity index (χ4v) is 12.9. The Hall–Kier alpha value is 0.0501. The van der Waals surface area contributed by atoms with Crippen molar-refractivity contribution >= 4 is 36.4 Å². The predicted octanol–water partition coefficient (Wildman–Crippen LogP) is 2.63. The zero-order chi connectivity index (χ0) is 10.1. The first-order valence-corrected chi connectivity index (χ1v) is 10.7. The van der Waals surface area contributed by atoms with Crippen LogP contribution in [0.4, 0.5) is 4.39 Å². The number of allylic oxidation sites excluding steroid dienone is 2. The molecule has 2 unspecified atom stereocenters. The van der Waals surface area contributed by atoms with Crippen molar-refractivity contribution in [1.29, 1.82) is 0 Å². The normalized spacial score (nSPS) is 25.8. The molecule has 0 fully saturated rings. The Balaban J connectivity index is 2.27. The number of halogens is 2. The van der Waals surface area contributed by atoms with E-state index in [1.165, 1.54) is 3.32 Å². The first kappa shape index (κ1) is 10.6. The summed E-state index contributed by atoms with van der Waals surface area (Å²) in [6.45, 7) is 2.23. The van der Waals surface area contributed by atoms with Gasteiger partial charge >= 0.3 is 96.7 Å². The Morgan fingerprint density at radius 1 is 1.21 bits per heavy atom. The van der Waals surface area contributed by atoms with Crippen LogP contribution < -0.4 is 3.32 Å². The van der Waals surface area contributed by atoms with Gasteiger partial charge in [-0.25, -0.2) is 0 Å². The van der Waals surface area contributed by atoms with Crippen molar-refractivity contribution in [3.8, 4) is 0 Å². The fraction of sp³-hybridized carbons (Fsp3) is 0.273. The first-order valence-electron chi connectivity index (χ1n) is 4.76. The molecule has 0 bridgehead atoms. The maximum atomic E-state index is 12.7. The fourth-order valence-electron chi connectivity index (χ4n) is 1.98. The van der Waals surface area contributed by atoms with Crippen molar-refractivity contribution < 1.29 is 4.39 Å². The molecule has 72 valence electrons. The molecule has 2 atom stereocenters. The SMILES string of the molecule is C[CH]1C=C[CH](Cl)[In]1[c]1ccc(F)cc1. The number of hydrogen-bond acceptors (Lipinski definition) is 0. The van der Waals surface area contributed by atoms with Gasteiger partial charge in [-0.1, -0.05) is 0 Å². The maximum absolute atomic E-state index is 12.7. The van der Waals surface area contributed by atoms with Crippen LogP contribution in [0.1, 0.15) is 6.92 Å². The van der Waals surface area contributed by atoms with E-state index in [9.17, 15) is 4.39 Å². The van der Waals surface area contributed by atoms with E-state index in [2.05, 4.69) is 19.1 Å². The van der Waals surface area contributed by atoms with Gasteiger partial charge in [0.1, 0.15) is 0 Å². The van der Waals surface area contributed by atoms with Crippen molar-refractivity contribution in [2.24, 2.45) is 0 Å². The number of alkyl halides is 1. The minimum atomic E-state index is -1.90. The molecule has 14 heavy (non-hydrogen) atoms. The summed E-state index contributed by atoms with van der Waals surface area (Å²) in [4.78, 5) is 0. The van der Waals surface area contributed by atoms with Gasteiger partial charge in [-0.3, -0.25) is 0 Å². The van der Waals surface area contributed by atoms with E-state index in [1.54, 1.807) is 12.1 Å². The Kier molecular flexibility index (Phi) is 3.23. The molecule has 2 rings (SSSR count). The van der Waals surface area contributed by atoms with Crippen LogP contribution >= 0.6 is 11.6 Å². The van der Waals surface area contributed by atoms with Crippen LogP contribution in [0.2, 0.25) is 3.67 Å². The molecule has 3 heteroatoms. The average Bonchev–Trinajstić information content (AvgIpc) is 2.49. The average molecular weight is 312 g/mol. The third kappa shape index (κ3) is 2.01. The molecule has 0 spiro atoms. The van der Waals surface area contributed by atoms with Crippen molar-refractivity contribution in [3.63, 3.8) is 0 Å². The quantitative estimate of drug-likeness (QED) is 0.552. The summed E-state index contributed by atoms with van der Waals surface area (Å²) in [5, 5.41) is 0. The number of hydrogen-bond donors (Lipinski definition) is 0. The van der Waals surface area contributed by atoms with Gasteiger partial charge in [0.05, 0.1) is 0 Å². The van der Waals surface area contributed by atoms with Gasteiger partial charge in [0, 0.05) is 0 Å². The van der Waals surface area contributed by atoms with Crippen LogP contribution in [0.25, 0.3) is 0 Å². The van der Waals surface area contributed by atoms with Crippen LogP contribution in [-0.2, 0) is 0 Å². The van der Waals surface area contributed by atoms with Gasteiger partial charge in [-0.15, -0.1) is 0 Å². The molecule has 0 aliphatic carbocycles. The zero-order valence-electron chi connectivity index (χ0n) is 7.95. The molecule has 0 amide bonds. The monoisotopic (exact) mass is 312 g/mol. The first-order chi connectivity index (χ1) is 6.68. The van der Waals surface area contributed by atoms with E-state index in [-0.39, 0.29) is 8.95 Å². The molecule has 0 radical (unpaired) electrons. The van der Waals surface area contributed by atoms with Crippen LogP contribution in [0, 0.1) is 5.82 Å². The second-order valence-corrected chi connectivity index (χ2v) is 15.4. The molecule has 0 nitrogen and oxygen atoms in total. The summed E-state index contributed by atoms with van der Waals surface area (Å²) in [5.41, 5.74) is 0.